The third-order valence-corrected chi connectivity index (χ3v) is 4.36. The van der Waals surface area contributed by atoms with Crippen molar-refractivity contribution < 1.29 is 23.8 Å². The third kappa shape index (κ3) is 5.00. The minimum atomic E-state index is -0.887. The molecular formula is C21H23NO5. The van der Waals surface area contributed by atoms with E-state index >= 15 is 0 Å². The molecule has 1 heterocycles. The van der Waals surface area contributed by atoms with Crippen LogP contribution in [0.3, 0.4) is 0 Å². The van der Waals surface area contributed by atoms with E-state index < -0.39 is 12.1 Å². The van der Waals surface area contributed by atoms with Gasteiger partial charge in [-0.3, -0.25) is 4.79 Å². The largest absolute Gasteiger partial charge is 0.454 e. The van der Waals surface area contributed by atoms with Gasteiger partial charge in [-0.2, -0.15) is 0 Å². The van der Waals surface area contributed by atoms with Gasteiger partial charge in [0.15, 0.2) is 17.6 Å². The summed E-state index contributed by atoms with van der Waals surface area (Å²) in [6, 6.07) is 14.9. The molecule has 1 aliphatic heterocycles. The Morgan fingerprint density at radius 3 is 2.59 bits per heavy atom. The first-order chi connectivity index (χ1) is 13.0. The molecule has 0 bridgehead atoms. The molecule has 1 N–H and O–H groups in total. The SMILES string of the molecule is C[C@@H](CCc1ccccc1)NC(=O)[C@@H](C)OC(=O)c1ccc2c(c1)OCO2. The van der Waals surface area contributed by atoms with Crippen molar-refractivity contribution in [1.29, 1.82) is 0 Å². The van der Waals surface area contributed by atoms with Crippen LogP contribution < -0.4 is 14.8 Å². The van der Waals surface area contributed by atoms with Crippen molar-refractivity contribution in [2.45, 2.75) is 38.8 Å². The quantitative estimate of drug-likeness (QED) is 0.759. The predicted molar refractivity (Wildman–Crippen MR) is 99.8 cm³/mol. The molecule has 0 saturated heterocycles. The van der Waals surface area contributed by atoms with E-state index in [1.54, 1.807) is 25.1 Å². The molecule has 0 fully saturated rings. The van der Waals surface area contributed by atoms with Crippen molar-refractivity contribution in [1.82, 2.24) is 5.32 Å². The highest BCUT2D eigenvalue weighted by atomic mass is 16.7. The van der Waals surface area contributed by atoms with Gasteiger partial charge in [-0.1, -0.05) is 30.3 Å². The highest BCUT2D eigenvalue weighted by molar-refractivity contribution is 5.93. The molecule has 27 heavy (non-hydrogen) atoms. The number of aryl methyl sites for hydroxylation is 1. The van der Waals surface area contributed by atoms with Gasteiger partial charge in [0.2, 0.25) is 6.79 Å². The average molecular weight is 369 g/mol. The van der Waals surface area contributed by atoms with E-state index in [4.69, 9.17) is 14.2 Å². The zero-order valence-electron chi connectivity index (χ0n) is 15.4. The molecule has 0 saturated carbocycles. The van der Waals surface area contributed by atoms with Crippen LogP contribution in [0.15, 0.2) is 48.5 Å². The summed E-state index contributed by atoms with van der Waals surface area (Å²) in [5.74, 6) is 0.193. The molecule has 2 aromatic rings. The highest BCUT2D eigenvalue weighted by Gasteiger charge is 2.22. The predicted octanol–water partition coefficient (Wildman–Crippen LogP) is 3.10. The normalized spacial score (nSPS) is 14.3. The van der Waals surface area contributed by atoms with Crippen molar-refractivity contribution in [3.8, 4) is 11.5 Å². The number of hydrogen-bond donors (Lipinski definition) is 1. The lowest BCUT2D eigenvalue weighted by Crippen LogP contribution is -2.41. The van der Waals surface area contributed by atoms with Gasteiger partial charge in [0, 0.05) is 6.04 Å². The lowest BCUT2D eigenvalue weighted by atomic mass is 10.1. The maximum atomic E-state index is 12.3. The van der Waals surface area contributed by atoms with Gasteiger partial charge >= 0.3 is 5.97 Å². The first kappa shape index (κ1) is 18.8. The van der Waals surface area contributed by atoms with E-state index in [1.807, 2.05) is 25.1 Å². The zero-order chi connectivity index (χ0) is 19.2. The van der Waals surface area contributed by atoms with Gasteiger partial charge in [-0.15, -0.1) is 0 Å². The Morgan fingerprint density at radius 2 is 1.81 bits per heavy atom. The molecule has 0 spiro atoms. The lowest BCUT2D eigenvalue weighted by molar-refractivity contribution is -0.129. The van der Waals surface area contributed by atoms with Gasteiger partial charge in [0.05, 0.1) is 5.56 Å². The number of carbonyl (C=O) groups excluding carboxylic acids is 2. The fraction of sp³-hybridized carbons (Fsp3) is 0.333. The van der Waals surface area contributed by atoms with Gasteiger partial charge in [-0.25, -0.2) is 4.79 Å². The van der Waals surface area contributed by atoms with E-state index in [9.17, 15) is 9.59 Å². The summed E-state index contributed by atoms with van der Waals surface area (Å²) in [7, 11) is 0. The summed E-state index contributed by atoms with van der Waals surface area (Å²) < 4.78 is 15.7. The molecule has 1 amide bonds. The van der Waals surface area contributed by atoms with Crippen LogP contribution in [0.2, 0.25) is 0 Å². The van der Waals surface area contributed by atoms with Crippen LogP contribution in [0.25, 0.3) is 0 Å². The summed E-state index contributed by atoms with van der Waals surface area (Å²) in [6.07, 6.45) is 0.786. The second-order valence-electron chi connectivity index (χ2n) is 6.55. The molecule has 0 aromatic heterocycles. The smallest absolute Gasteiger partial charge is 0.339 e. The fourth-order valence-corrected chi connectivity index (χ4v) is 2.77. The number of nitrogens with one attached hydrogen (secondary N) is 1. The lowest BCUT2D eigenvalue weighted by Gasteiger charge is -2.18. The number of amides is 1. The zero-order valence-corrected chi connectivity index (χ0v) is 15.4. The molecule has 2 aromatic carbocycles. The van der Waals surface area contributed by atoms with E-state index in [2.05, 4.69) is 17.4 Å². The Bertz CT molecular complexity index is 805. The van der Waals surface area contributed by atoms with Crippen molar-refractivity contribution in [3.63, 3.8) is 0 Å². The Kier molecular flexibility index (Phi) is 5.96. The number of rotatable bonds is 7. The van der Waals surface area contributed by atoms with Crippen molar-refractivity contribution >= 4 is 11.9 Å². The monoisotopic (exact) mass is 369 g/mol. The molecule has 1 aliphatic rings. The van der Waals surface area contributed by atoms with Crippen LogP contribution in [-0.4, -0.2) is 30.8 Å². The molecular weight excluding hydrogens is 346 g/mol. The van der Waals surface area contributed by atoms with Crippen LogP contribution in [-0.2, 0) is 16.0 Å². The molecule has 6 heteroatoms. The third-order valence-electron chi connectivity index (χ3n) is 4.36. The number of ether oxygens (including phenoxy) is 3. The first-order valence-corrected chi connectivity index (χ1v) is 8.98. The Labute approximate surface area is 158 Å². The van der Waals surface area contributed by atoms with Gasteiger partial charge < -0.3 is 19.5 Å². The minimum absolute atomic E-state index is 0.0237. The number of hydrogen-bond acceptors (Lipinski definition) is 5. The van der Waals surface area contributed by atoms with Gasteiger partial charge in [0.1, 0.15) is 0 Å². The molecule has 0 aliphatic carbocycles. The van der Waals surface area contributed by atoms with Crippen LogP contribution in [0.4, 0.5) is 0 Å². The minimum Gasteiger partial charge on any atom is -0.454 e. The van der Waals surface area contributed by atoms with E-state index in [0.717, 1.165) is 12.8 Å². The molecule has 6 nitrogen and oxygen atoms in total. The Morgan fingerprint density at radius 1 is 1.07 bits per heavy atom. The topological polar surface area (TPSA) is 73.9 Å². The van der Waals surface area contributed by atoms with Crippen LogP contribution in [0, 0.1) is 0 Å². The Hall–Kier alpha value is -3.02. The second kappa shape index (κ2) is 8.58. The van der Waals surface area contributed by atoms with Crippen LogP contribution >= 0.6 is 0 Å². The van der Waals surface area contributed by atoms with Crippen LogP contribution in [0.1, 0.15) is 36.2 Å². The van der Waals surface area contributed by atoms with E-state index in [1.165, 1.54) is 5.56 Å². The molecule has 2 atom stereocenters. The van der Waals surface area contributed by atoms with Gasteiger partial charge in [-0.05, 0) is 50.5 Å². The summed E-state index contributed by atoms with van der Waals surface area (Å²) >= 11 is 0. The molecule has 142 valence electrons. The maximum absolute atomic E-state index is 12.3. The van der Waals surface area contributed by atoms with Gasteiger partial charge in [0.25, 0.3) is 5.91 Å². The Balaban J connectivity index is 1.47. The summed E-state index contributed by atoms with van der Waals surface area (Å²) in [6.45, 7) is 3.63. The number of fused-ring (bicyclic) bond motifs is 1. The van der Waals surface area contributed by atoms with Crippen molar-refractivity contribution in [3.05, 3.63) is 59.7 Å². The fourth-order valence-electron chi connectivity index (χ4n) is 2.77. The first-order valence-electron chi connectivity index (χ1n) is 8.98. The standard InChI is InChI=1S/C21H23NO5/c1-14(8-9-16-6-4-3-5-7-16)22-20(23)15(2)27-21(24)17-10-11-18-19(12-17)26-13-25-18/h3-7,10-12,14-15H,8-9,13H2,1-2H3,(H,22,23)/t14-,15+/m0/s1. The number of benzene rings is 2. The number of esters is 1. The molecule has 0 radical (unpaired) electrons. The second-order valence-corrected chi connectivity index (χ2v) is 6.55. The van der Waals surface area contributed by atoms with Crippen molar-refractivity contribution in [2.75, 3.05) is 6.79 Å². The van der Waals surface area contributed by atoms with E-state index in [-0.39, 0.29) is 18.7 Å². The average Bonchev–Trinajstić information content (AvgIpc) is 3.14. The number of carbonyl (C=O) groups is 2. The molecule has 3 rings (SSSR count). The van der Waals surface area contributed by atoms with Crippen molar-refractivity contribution in [2.24, 2.45) is 0 Å². The summed E-state index contributed by atoms with van der Waals surface area (Å²) in [5, 5.41) is 2.89. The highest BCUT2D eigenvalue weighted by Crippen LogP contribution is 2.32. The summed E-state index contributed by atoms with van der Waals surface area (Å²) in [5.41, 5.74) is 1.54. The van der Waals surface area contributed by atoms with E-state index in [0.29, 0.717) is 17.1 Å². The maximum Gasteiger partial charge on any atom is 0.339 e. The van der Waals surface area contributed by atoms with Crippen LogP contribution in [0.5, 0.6) is 11.5 Å². The summed E-state index contributed by atoms with van der Waals surface area (Å²) in [4.78, 5) is 24.5. The molecule has 0 unspecified atom stereocenters.